The molecule has 1 aliphatic heterocycles. The molecule has 0 spiro atoms. The van der Waals surface area contributed by atoms with E-state index in [1.165, 1.54) is 12.1 Å². The number of anilines is 5. The SMILES string of the molecule is Cc1nc(Nc2ccccc2NCNc2ccc(Cl)c(C(F)(F)F)c2)cc(N2CCOCC2)n1. The number of ether oxygens (including phenoxy) is 1. The summed E-state index contributed by atoms with van der Waals surface area (Å²) in [6.45, 7) is 4.87. The lowest BCUT2D eigenvalue weighted by Crippen LogP contribution is -2.36. The fourth-order valence-electron chi connectivity index (χ4n) is 3.55. The second-order valence-corrected chi connectivity index (χ2v) is 8.06. The van der Waals surface area contributed by atoms with E-state index in [4.69, 9.17) is 16.3 Å². The van der Waals surface area contributed by atoms with Crippen molar-refractivity contribution in [3.8, 4) is 0 Å². The summed E-state index contributed by atoms with van der Waals surface area (Å²) in [5.74, 6) is 2.11. The second kappa shape index (κ2) is 10.4. The minimum atomic E-state index is -4.52. The third kappa shape index (κ3) is 6.00. The Bertz CT molecular complexity index is 1140. The van der Waals surface area contributed by atoms with Crippen LogP contribution < -0.4 is 20.9 Å². The standard InChI is InChI=1S/C23H24ClF3N6O/c1-15-30-21(13-22(31-15)33-8-10-34-11-9-33)32-20-5-3-2-4-19(20)29-14-28-16-6-7-18(24)17(12-16)23(25,26)27/h2-7,12-13,28-29H,8-11,14H2,1H3,(H,30,31,32). The van der Waals surface area contributed by atoms with Gasteiger partial charge in [0.25, 0.3) is 0 Å². The molecule has 0 saturated carbocycles. The predicted octanol–water partition coefficient (Wildman–Crippen LogP) is 5.52. The number of hydrogen-bond donors (Lipinski definition) is 3. The maximum atomic E-state index is 13.1. The molecule has 3 N–H and O–H groups in total. The molecule has 0 bridgehead atoms. The second-order valence-electron chi connectivity index (χ2n) is 7.65. The molecule has 0 amide bonds. The van der Waals surface area contributed by atoms with Gasteiger partial charge in [-0.25, -0.2) is 9.97 Å². The number of benzene rings is 2. The van der Waals surface area contributed by atoms with Crippen molar-refractivity contribution in [3.05, 3.63) is 64.9 Å². The lowest BCUT2D eigenvalue weighted by molar-refractivity contribution is -0.137. The number of halogens is 4. The maximum Gasteiger partial charge on any atom is 0.417 e. The van der Waals surface area contributed by atoms with E-state index < -0.39 is 11.7 Å². The van der Waals surface area contributed by atoms with Gasteiger partial charge in [-0.2, -0.15) is 13.2 Å². The Labute approximate surface area is 200 Å². The first kappa shape index (κ1) is 23.9. The lowest BCUT2D eigenvalue weighted by atomic mass is 10.2. The van der Waals surface area contributed by atoms with Gasteiger partial charge in [0.05, 0.1) is 41.8 Å². The summed E-state index contributed by atoms with van der Waals surface area (Å²) in [6, 6.07) is 13.1. The maximum absolute atomic E-state index is 13.1. The number of para-hydroxylation sites is 2. The zero-order valence-corrected chi connectivity index (χ0v) is 19.2. The van der Waals surface area contributed by atoms with Crippen LogP contribution in [0.5, 0.6) is 0 Å². The number of rotatable bonds is 7. The van der Waals surface area contributed by atoms with Crippen molar-refractivity contribution in [1.29, 1.82) is 0 Å². The van der Waals surface area contributed by atoms with Crippen LogP contribution in [0.3, 0.4) is 0 Å². The first-order valence-electron chi connectivity index (χ1n) is 10.7. The van der Waals surface area contributed by atoms with Crippen LogP contribution in [-0.2, 0) is 10.9 Å². The summed E-state index contributed by atoms with van der Waals surface area (Å²) in [5.41, 5.74) is 0.944. The van der Waals surface area contributed by atoms with Crippen LogP contribution in [0.4, 0.5) is 41.9 Å². The summed E-state index contributed by atoms with van der Waals surface area (Å²) < 4.78 is 44.7. The fraction of sp³-hybridized carbons (Fsp3) is 0.304. The molecular formula is C23H24ClF3N6O. The van der Waals surface area contributed by atoms with Gasteiger partial charge < -0.3 is 25.6 Å². The van der Waals surface area contributed by atoms with E-state index in [9.17, 15) is 13.2 Å². The molecule has 1 fully saturated rings. The van der Waals surface area contributed by atoms with Gasteiger partial charge in [-0.1, -0.05) is 23.7 Å². The van der Waals surface area contributed by atoms with Gasteiger partial charge in [-0.15, -0.1) is 0 Å². The van der Waals surface area contributed by atoms with Crippen LogP contribution in [-0.4, -0.2) is 42.9 Å². The topological polar surface area (TPSA) is 74.3 Å². The van der Waals surface area contributed by atoms with E-state index in [1.807, 2.05) is 37.3 Å². The zero-order chi connectivity index (χ0) is 24.1. The van der Waals surface area contributed by atoms with Gasteiger partial charge in [-0.05, 0) is 37.3 Å². The highest BCUT2D eigenvalue weighted by atomic mass is 35.5. The molecular weight excluding hydrogens is 469 g/mol. The third-order valence-electron chi connectivity index (χ3n) is 5.19. The first-order chi connectivity index (χ1) is 16.3. The largest absolute Gasteiger partial charge is 0.417 e. The normalized spacial score (nSPS) is 14.1. The van der Waals surface area contributed by atoms with Crippen LogP contribution >= 0.6 is 11.6 Å². The molecule has 0 atom stereocenters. The van der Waals surface area contributed by atoms with Crippen molar-refractivity contribution in [2.75, 3.05) is 53.8 Å². The van der Waals surface area contributed by atoms with E-state index in [0.717, 1.165) is 36.3 Å². The first-order valence-corrected chi connectivity index (χ1v) is 11.1. The fourth-order valence-corrected chi connectivity index (χ4v) is 3.77. The molecule has 0 aliphatic carbocycles. The molecule has 1 aliphatic rings. The molecule has 2 heterocycles. The Hall–Kier alpha value is -3.24. The smallest absolute Gasteiger partial charge is 0.378 e. The minimum Gasteiger partial charge on any atom is -0.378 e. The minimum absolute atomic E-state index is 0.194. The van der Waals surface area contributed by atoms with Crippen molar-refractivity contribution in [3.63, 3.8) is 0 Å². The number of nitrogens with one attached hydrogen (secondary N) is 3. The van der Waals surface area contributed by atoms with Crippen LogP contribution in [0.25, 0.3) is 0 Å². The monoisotopic (exact) mass is 492 g/mol. The van der Waals surface area contributed by atoms with Crippen molar-refractivity contribution < 1.29 is 17.9 Å². The van der Waals surface area contributed by atoms with Gasteiger partial charge in [-0.3, -0.25) is 0 Å². The molecule has 1 aromatic heterocycles. The Morgan fingerprint density at radius 3 is 2.47 bits per heavy atom. The Balaban J connectivity index is 1.44. The number of nitrogens with zero attached hydrogens (tertiary/aromatic N) is 3. The number of morpholine rings is 1. The lowest BCUT2D eigenvalue weighted by Gasteiger charge is -2.28. The molecule has 3 aromatic rings. The molecule has 34 heavy (non-hydrogen) atoms. The van der Waals surface area contributed by atoms with Crippen LogP contribution in [0.15, 0.2) is 48.5 Å². The van der Waals surface area contributed by atoms with E-state index in [-0.39, 0.29) is 11.7 Å². The molecule has 2 aromatic carbocycles. The molecule has 4 rings (SSSR count). The highest BCUT2D eigenvalue weighted by molar-refractivity contribution is 6.31. The van der Waals surface area contributed by atoms with Crippen LogP contribution in [0.1, 0.15) is 11.4 Å². The molecule has 1 saturated heterocycles. The van der Waals surface area contributed by atoms with Gasteiger partial charge in [0, 0.05) is 24.8 Å². The molecule has 180 valence electrons. The Morgan fingerprint density at radius 2 is 1.74 bits per heavy atom. The van der Waals surface area contributed by atoms with Gasteiger partial charge in [0.1, 0.15) is 17.5 Å². The summed E-state index contributed by atoms with van der Waals surface area (Å²) in [6.07, 6.45) is -4.52. The van der Waals surface area contributed by atoms with Gasteiger partial charge in [0.15, 0.2) is 0 Å². The molecule has 11 heteroatoms. The summed E-state index contributed by atoms with van der Waals surface area (Å²) in [7, 11) is 0. The number of alkyl halides is 3. The highest BCUT2D eigenvalue weighted by Gasteiger charge is 2.33. The molecule has 7 nitrogen and oxygen atoms in total. The summed E-state index contributed by atoms with van der Waals surface area (Å²) >= 11 is 5.69. The summed E-state index contributed by atoms with van der Waals surface area (Å²) in [4.78, 5) is 11.2. The van der Waals surface area contributed by atoms with Gasteiger partial charge >= 0.3 is 6.18 Å². The Morgan fingerprint density at radius 1 is 1.00 bits per heavy atom. The van der Waals surface area contributed by atoms with Gasteiger partial charge in [0.2, 0.25) is 0 Å². The third-order valence-corrected chi connectivity index (χ3v) is 5.52. The van der Waals surface area contributed by atoms with Crippen molar-refractivity contribution in [2.24, 2.45) is 0 Å². The number of aromatic nitrogens is 2. The van der Waals surface area contributed by atoms with Crippen LogP contribution in [0.2, 0.25) is 5.02 Å². The zero-order valence-electron chi connectivity index (χ0n) is 18.4. The van der Waals surface area contributed by atoms with E-state index in [1.54, 1.807) is 0 Å². The van der Waals surface area contributed by atoms with E-state index in [0.29, 0.717) is 30.5 Å². The van der Waals surface area contributed by atoms with Crippen molar-refractivity contribution in [2.45, 2.75) is 13.1 Å². The average molecular weight is 493 g/mol. The number of aryl methyl sites for hydroxylation is 1. The highest BCUT2D eigenvalue weighted by Crippen LogP contribution is 2.36. The predicted molar refractivity (Wildman–Crippen MR) is 128 cm³/mol. The Kier molecular flexibility index (Phi) is 7.28. The van der Waals surface area contributed by atoms with Crippen molar-refractivity contribution in [1.82, 2.24) is 9.97 Å². The molecule has 0 unspecified atom stereocenters. The quantitative estimate of drug-likeness (QED) is 0.375. The van der Waals surface area contributed by atoms with E-state index >= 15 is 0 Å². The summed E-state index contributed by atoms with van der Waals surface area (Å²) in [5, 5.41) is 9.11. The van der Waals surface area contributed by atoms with Crippen LogP contribution in [0, 0.1) is 6.92 Å². The molecule has 0 radical (unpaired) electrons. The number of hydrogen-bond acceptors (Lipinski definition) is 7. The average Bonchev–Trinajstić information content (AvgIpc) is 2.81. The van der Waals surface area contributed by atoms with E-state index in [2.05, 4.69) is 30.8 Å². The van der Waals surface area contributed by atoms with Crippen molar-refractivity contribution >= 4 is 40.3 Å².